The van der Waals surface area contributed by atoms with E-state index >= 15 is 0 Å². The Morgan fingerprint density at radius 2 is 2.10 bits per heavy atom. The molecule has 0 aromatic heterocycles. The molecule has 0 unspecified atom stereocenters. The van der Waals surface area contributed by atoms with Crippen molar-refractivity contribution >= 4 is 28.0 Å². The summed E-state index contributed by atoms with van der Waals surface area (Å²) in [6.45, 7) is 1.51. The van der Waals surface area contributed by atoms with E-state index in [0.717, 1.165) is 6.26 Å². The van der Waals surface area contributed by atoms with Crippen molar-refractivity contribution in [2.24, 2.45) is 0 Å². The average Bonchev–Trinajstić information content (AvgIpc) is 2.35. The number of esters is 1. The zero-order chi connectivity index (χ0) is 15.2. The van der Waals surface area contributed by atoms with Gasteiger partial charge in [0.1, 0.15) is 5.75 Å². The first-order valence-electron chi connectivity index (χ1n) is 5.71. The van der Waals surface area contributed by atoms with Gasteiger partial charge in [0.2, 0.25) is 10.0 Å². The molecule has 0 saturated heterocycles. The van der Waals surface area contributed by atoms with Gasteiger partial charge in [-0.25, -0.2) is 13.2 Å². The van der Waals surface area contributed by atoms with Gasteiger partial charge in [-0.2, -0.15) is 0 Å². The lowest BCUT2D eigenvalue weighted by molar-refractivity contribution is -0.145. The second-order valence-electron chi connectivity index (χ2n) is 3.80. The maximum Gasteiger partial charge on any atom is 0.344 e. The normalized spacial score (nSPS) is 10.7. The van der Waals surface area contributed by atoms with Crippen LogP contribution in [-0.4, -0.2) is 40.1 Å². The third-order valence-corrected chi connectivity index (χ3v) is 2.72. The summed E-state index contributed by atoms with van der Waals surface area (Å²) in [5.74, 6) is -0.479. The molecule has 0 atom stereocenters. The van der Waals surface area contributed by atoms with Crippen molar-refractivity contribution < 1.29 is 27.5 Å². The van der Waals surface area contributed by atoms with Gasteiger partial charge in [0.15, 0.2) is 12.9 Å². The van der Waals surface area contributed by atoms with Crippen LogP contribution in [0.15, 0.2) is 18.2 Å². The molecule has 0 aliphatic rings. The number of carbonyl (C=O) groups is 2. The minimum atomic E-state index is -3.52. The third kappa shape index (κ3) is 4.88. The molecule has 110 valence electrons. The monoisotopic (exact) mass is 301 g/mol. The summed E-state index contributed by atoms with van der Waals surface area (Å²) >= 11 is 0. The number of nitrogens with one attached hydrogen (secondary N) is 1. The Morgan fingerprint density at radius 3 is 2.65 bits per heavy atom. The van der Waals surface area contributed by atoms with Crippen molar-refractivity contribution in [1.82, 2.24) is 0 Å². The highest BCUT2D eigenvalue weighted by Gasteiger charge is 2.13. The van der Waals surface area contributed by atoms with Crippen molar-refractivity contribution in [2.45, 2.75) is 6.92 Å². The first-order chi connectivity index (χ1) is 9.37. The summed E-state index contributed by atoms with van der Waals surface area (Å²) in [5, 5.41) is 0. The first kappa shape index (κ1) is 16.0. The molecule has 8 heteroatoms. The molecule has 1 aromatic carbocycles. The number of hydrogen-bond donors (Lipinski definition) is 1. The van der Waals surface area contributed by atoms with Crippen LogP contribution in [0.4, 0.5) is 5.69 Å². The predicted octanol–water partition coefficient (Wildman–Crippen LogP) is 0.812. The molecule has 0 aliphatic carbocycles. The molecule has 0 saturated carbocycles. The highest BCUT2D eigenvalue weighted by molar-refractivity contribution is 7.92. The topological polar surface area (TPSA) is 98.8 Å². The quantitative estimate of drug-likeness (QED) is 0.591. The van der Waals surface area contributed by atoms with Crippen LogP contribution in [-0.2, 0) is 19.6 Å². The molecular formula is C12H15NO6S. The molecule has 1 N–H and O–H groups in total. The number of carbonyl (C=O) groups excluding carboxylic acids is 2. The number of sulfonamides is 1. The lowest BCUT2D eigenvalue weighted by atomic mass is 10.2. The van der Waals surface area contributed by atoms with E-state index in [9.17, 15) is 18.0 Å². The lowest BCUT2D eigenvalue weighted by Gasteiger charge is -2.12. The van der Waals surface area contributed by atoms with E-state index in [1.54, 1.807) is 6.92 Å². The Kier molecular flexibility index (Phi) is 5.51. The van der Waals surface area contributed by atoms with Gasteiger partial charge in [0.05, 0.1) is 24.1 Å². The van der Waals surface area contributed by atoms with Gasteiger partial charge in [-0.15, -0.1) is 0 Å². The second kappa shape index (κ2) is 6.90. The summed E-state index contributed by atoms with van der Waals surface area (Å²) in [5.41, 5.74) is 0.103. The first-order valence-corrected chi connectivity index (χ1v) is 7.61. The van der Waals surface area contributed by atoms with Gasteiger partial charge in [-0.05, 0) is 19.1 Å². The van der Waals surface area contributed by atoms with Crippen LogP contribution in [0.5, 0.6) is 5.75 Å². The fourth-order valence-electron chi connectivity index (χ4n) is 1.42. The Hall–Kier alpha value is -2.09. The van der Waals surface area contributed by atoms with E-state index in [2.05, 4.69) is 9.46 Å². The summed E-state index contributed by atoms with van der Waals surface area (Å²) in [6, 6.07) is 4.37. The van der Waals surface area contributed by atoms with E-state index < -0.39 is 16.0 Å². The molecular weight excluding hydrogens is 286 g/mol. The fraction of sp³-hybridized carbons (Fsp3) is 0.333. The molecule has 0 radical (unpaired) electrons. The molecule has 1 aromatic rings. The molecule has 0 heterocycles. The van der Waals surface area contributed by atoms with E-state index in [4.69, 9.17) is 4.74 Å². The molecule has 0 bridgehead atoms. The SMILES string of the molecule is CCOC(=O)COc1cccc(NS(C)(=O)=O)c1C=O. The van der Waals surface area contributed by atoms with Crippen molar-refractivity contribution in [1.29, 1.82) is 0 Å². The fourth-order valence-corrected chi connectivity index (χ4v) is 2.00. The van der Waals surface area contributed by atoms with Crippen LogP contribution < -0.4 is 9.46 Å². The standard InChI is InChI=1S/C12H15NO6S/c1-3-18-12(15)8-19-11-6-4-5-10(9(11)7-14)13-20(2,16)17/h4-7,13H,3,8H2,1-2H3. The van der Waals surface area contributed by atoms with Crippen LogP contribution in [0.1, 0.15) is 17.3 Å². The maximum atomic E-state index is 11.2. The van der Waals surface area contributed by atoms with Gasteiger partial charge in [0.25, 0.3) is 0 Å². The van der Waals surface area contributed by atoms with Gasteiger partial charge in [0, 0.05) is 0 Å². The van der Waals surface area contributed by atoms with E-state index in [-0.39, 0.29) is 30.2 Å². The van der Waals surface area contributed by atoms with E-state index in [1.807, 2.05) is 0 Å². The Morgan fingerprint density at radius 1 is 1.40 bits per heavy atom. The van der Waals surface area contributed by atoms with Gasteiger partial charge in [-0.3, -0.25) is 9.52 Å². The molecule has 20 heavy (non-hydrogen) atoms. The van der Waals surface area contributed by atoms with Crippen molar-refractivity contribution in [3.63, 3.8) is 0 Å². The maximum absolute atomic E-state index is 11.2. The minimum Gasteiger partial charge on any atom is -0.481 e. The van der Waals surface area contributed by atoms with Crippen LogP contribution in [0.2, 0.25) is 0 Å². The number of anilines is 1. The molecule has 0 aliphatic heterocycles. The van der Waals surface area contributed by atoms with Gasteiger partial charge < -0.3 is 9.47 Å². The second-order valence-corrected chi connectivity index (χ2v) is 5.55. The van der Waals surface area contributed by atoms with E-state index in [1.165, 1.54) is 18.2 Å². The number of rotatable bonds is 7. The Labute approximate surface area is 116 Å². The van der Waals surface area contributed by atoms with Crippen LogP contribution in [0, 0.1) is 0 Å². The summed E-state index contributed by atoms with van der Waals surface area (Å²) in [7, 11) is -3.52. The van der Waals surface area contributed by atoms with Crippen molar-refractivity contribution in [3.05, 3.63) is 23.8 Å². The third-order valence-electron chi connectivity index (χ3n) is 2.13. The smallest absolute Gasteiger partial charge is 0.344 e. The zero-order valence-electron chi connectivity index (χ0n) is 11.1. The Bertz CT molecular complexity index is 596. The Balaban J connectivity index is 2.94. The summed E-state index contributed by atoms with van der Waals surface area (Å²) < 4.78 is 34.4. The number of ether oxygens (including phenoxy) is 2. The molecule has 0 spiro atoms. The number of benzene rings is 1. The van der Waals surface area contributed by atoms with Gasteiger partial charge in [-0.1, -0.05) is 6.07 Å². The van der Waals surface area contributed by atoms with Crippen LogP contribution in [0.25, 0.3) is 0 Å². The predicted molar refractivity (Wildman–Crippen MR) is 72.4 cm³/mol. The largest absolute Gasteiger partial charge is 0.481 e. The molecule has 0 amide bonds. The number of aldehydes is 1. The van der Waals surface area contributed by atoms with Crippen molar-refractivity contribution in [2.75, 3.05) is 24.2 Å². The van der Waals surface area contributed by atoms with E-state index in [0.29, 0.717) is 6.29 Å². The highest BCUT2D eigenvalue weighted by atomic mass is 32.2. The zero-order valence-corrected chi connectivity index (χ0v) is 11.9. The van der Waals surface area contributed by atoms with Crippen LogP contribution >= 0.6 is 0 Å². The molecule has 7 nitrogen and oxygen atoms in total. The van der Waals surface area contributed by atoms with Gasteiger partial charge >= 0.3 is 5.97 Å². The van der Waals surface area contributed by atoms with Crippen LogP contribution in [0.3, 0.4) is 0 Å². The minimum absolute atomic E-state index is 0.0159. The average molecular weight is 301 g/mol. The lowest BCUT2D eigenvalue weighted by Crippen LogP contribution is -2.16. The summed E-state index contributed by atoms with van der Waals surface area (Å²) in [6.07, 6.45) is 1.42. The van der Waals surface area contributed by atoms with Crippen molar-refractivity contribution in [3.8, 4) is 5.75 Å². The molecule has 1 rings (SSSR count). The summed E-state index contributed by atoms with van der Waals surface area (Å²) in [4.78, 5) is 22.3. The highest BCUT2D eigenvalue weighted by Crippen LogP contribution is 2.25. The molecule has 0 fully saturated rings. The number of hydrogen-bond acceptors (Lipinski definition) is 6.